The zero-order chi connectivity index (χ0) is 27.6. The molecule has 7 nitrogen and oxygen atoms in total. The highest BCUT2D eigenvalue weighted by Gasteiger charge is 2.29. The first-order valence-electron chi connectivity index (χ1n) is 12.5. The van der Waals surface area contributed by atoms with E-state index in [0.29, 0.717) is 10.2 Å². The zero-order valence-electron chi connectivity index (χ0n) is 21.1. The van der Waals surface area contributed by atoms with Crippen molar-refractivity contribution in [2.24, 2.45) is 5.10 Å². The summed E-state index contributed by atoms with van der Waals surface area (Å²) in [5.41, 5.74) is 1.54. The lowest BCUT2D eigenvalue weighted by Crippen LogP contribution is -2.38. The molecule has 0 N–H and O–H groups in total. The number of hydrogen-bond donors (Lipinski definition) is 0. The molecule has 11 heteroatoms. The SMILES string of the molecule is CN(C1CCCCC1)S(=O)(=O)c1ccc(C(=O)N(/N=C/c2ccc(Br)cc2)c2nc3ccc(F)cc3s2)cc1. The van der Waals surface area contributed by atoms with E-state index in [0.717, 1.165) is 58.5 Å². The second-order valence-corrected chi connectivity index (χ2v) is 13.3. The van der Waals surface area contributed by atoms with E-state index in [4.69, 9.17) is 0 Å². The smallest absolute Gasteiger partial charge is 0.267 e. The number of halogens is 2. The predicted molar refractivity (Wildman–Crippen MR) is 156 cm³/mol. The molecule has 39 heavy (non-hydrogen) atoms. The number of hydrogen-bond acceptors (Lipinski definition) is 6. The topological polar surface area (TPSA) is 82.9 Å². The Morgan fingerprint density at radius 1 is 1.05 bits per heavy atom. The number of sulfonamides is 1. The van der Waals surface area contributed by atoms with Gasteiger partial charge in [0.25, 0.3) is 5.91 Å². The molecule has 1 saturated carbocycles. The molecular weight excluding hydrogens is 603 g/mol. The molecular formula is C28H26BrFN4O3S2. The number of hydrazone groups is 1. The average Bonchev–Trinajstić information content (AvgIpc) is 3.37. The number of carbonyl (C=O) groups excluding carboxylic acids is 1. The molecule has 3 aromatic carbocycles. The first-order chi connectivity index (χ1) is 18.7. The van der Waals surface area contributed by atoms with Gasteiger partial charge in [-0.1, -0.05) is 58.7 Å². The summed E-state index contributed by atoms with van der Waals surface area (Å²) in [7, 11) is -2.07. The molecule has 0 unspecified atom stereocenters. The van der Waals surface area contributed by atoms with E-state index >= 15 is 0 Å². The van der Waals surface area contributed by atoms with Crippen molar-refractivity contribution in [3.8, 4) is 0 Å². The number of fused-ring (bicyclic) bond motifs is 1. The Morgan fingerprint density at radius 3 is 2.44 bits per heavy atom. The monoisotopic (exact) mass is 628 g/mol. The van der Waals surface area contributed by atoms with Gasteiger partial charge in [-0.25, -0.2) is 17.8 Å². The van der Waals surface area contributed by atoms with Crippen LogP contribution in [0.2, 0.25) is 0 Å². The second-order valence-electron chi connectivity index (χ2n) is 9.36. The zero-order valence-corrected chi connectivity index (χ0v) is 24.3. The summed E-state index contributed by atoms with van der Waals surface area (Å²) in [6.07, 6.45) is 6.41. The lowest BCUT2D eigenvalue weighted by molar-refractivity contribution is 0.0987. The van der Waals surface area contributed by atoms with Gasteiger partial charge in [-0.05, 0) is 73.0 Å². The largest absolute Gasteiger partial charge is 0.280 e. The van der Waals surface area contributed by atoms with E-state index in [1.807, 2.05) is 24.3 Å². The average molecular weight is 630 g/mol. The van der Waals surface area contributed by atoms with Gasteiger partial charge in [-0.15, -0.1) is 0 Å². The minimum absolute atomic E-state index is 0.0163. The van der Waals surface area contributed by atoms with E-state index in [1.54, 1.807) is 13.1 Å². The van der Waals surface area contributed by atoms with Gasteiger partial charge in [0.1, 0.15) is 5.82 Å². The van der Waals surface area contributed by atoms with Gasteiger partial charge in [-0.2, -0.15) is 14.4 Å². The summed E-state index contributed by atoms with van der Waals surface area (Å²) < 4.78 is 43.2. The highest BCUT2D eigenvalue weighted by molar-refractivity contribution is 9.10. The quantitative estimate of drug-likeness (QED) is 0.166. The van der Waals surface area contributed by atoms with Crippen molar-refractivity contribution in [3.05, 3.63) is 88.1 Å². The van der Waals surface area contributed by atoms with Crippen LogP contribution < -0.4 is 5.01 Å². The van der Waals surface area contributed by atoms with Crippen LogP contribution in [-0.2, 0) is 10.0 Å². The van der Waals surface area contributed by atoms with Crippen molar-refractivity contribution < 1.29 is 17.6 Å². The maximum Gasteiger partial charge on any atom is 0.280 e. The van der Waals surface area contributed by atoms with Gasteiger partial charge in [0, 0.05) is 23.1 Å². The molecule has 1 aliphatic carbocycles. The van der Waals surface area contributed by atoms with E-state index < -0.39 is 21.7 Å². The number of aromatic nitrogens is 1. The molecule has 0 radical (unpaired) electrons. The Hall–Kier alpha value is -2.99. The number of amides is 1. The van der Waals surface area contributed by atoms with Crippen molar-refractivity contribution in [2.75, 3.05) is 12.1 Å². The van der Waals surface area contributed by atoms with Crippen LogP contribution in [-0.4, -0.2) is 42.9 Å². The summed E-state index contributed by atoms with van der Waals surface area (Å²) in [6, 6.07) is 17.5. The fourth-order valence-corrected chi connectivity index (χ4v) is 7.16. The van der Waals surface area contributed by atoms with Gasteiger partial charge < -0.3 is 0 Å². The molecule has 0 bridgehead atoms. The molecule has 1 aromatic heterocycles. The number of benzene rings is 3. The van der Waals surface area contributed by atoms with Crippen LogP contribution in [0.3, 0.4) is 0 Å². The molecule has 1 fully saturated rings. The highest BCUT2D eigenvalue weighted by atomic mass is 79.9. The third-order valence-corrected chi connectivity index (χ3v) is 10.2. The standard InChI is InChI=1S/C28H26BrFN4O3S2/c1-33(23-5-3-2-4-6-23)39(36,37)24-14-9-20(10-15-24)27(35)34(31-18-19-7-11-21(29)12-8-19)28-32-25-16-13-22(30)17-26(25)38-28/h7-18,23H,2-6H2,1H3/b31-18+. The fraction of sp³-hybridized carbons (Fsp3) is 0.250. The van der Waals surface area contributed by atoms with Crippen molar-refractivity contribution in [1.29, 1.82) is 0 Å². The molecule has 1 heterocycles. The van der Waals surface area contributed by atoms with Gasteiger partial charge >= 0.3 is 0 Å². The Bertz CT molecular complexity index is 1620. The Labute approximate surface area is 239 Å². The predicted octanol–water partition coefficient (Wildman–Crippen LogP) is 6.83. The van der Waals surface area contributed by atoms with Crippen LogP contribution in [0.4, 0.5) is 9.52 Å². The van der Waals surface area contributed by atoms with E-state index in [-0.39, 0.29) is 21.6 Å². The first-order valence-corrected chi connectivity index (χ1v) is 15.6. The molecule has 0 aliphatic heterocycles. The summed E-state index contributed by atoms with van der Waals surface area (Å²) in [5, 5.41) is 5.84. The summed E-state index contributed by atoms with van der Waals surface area (Å²) in [5.74, 6) is -0.892. The summed E-state index contributed by atoms with van der Waals surface area (Å²) in [6.45, 7) is 0. The molecule has 0 spiro atoms. The number of rotatable bonds is 7. The minimum Gasteiger partial charge on any atom is -0.267 e. The number of anilines is 1. The third kappa shape index (κ3) is 6.11. The van der Waals surface area contributed by atoms with Crippen LogP contribution >= 0.6 is 27.3 Å². The molecule has 5 rings (SSSR count). The van der Waals surface area contributed by atoms with Gasteiger partial charge in [-0.3, -0.25) is 4.79 Å². The molecule has 0 saturated heterocycles. The van der Waals surface area contributed by atoms with Crippen molar-refractivity contribution in [3.63, 3.8) is 0 Å². The Balaban J connectivity index is 1.45. The highest BCUT2D eigenvalue weighted by Crippen LogP contribution is 2.31. The first kappa shape index (κ1) is 27.6. The summed E-state index contributed by atoms with van der Waals surface area (Å²) >= 11 is 4.54. The lowest BCUT2D eigenvalue weighted by Gasteiger charge is -2.30. The van der Waals surface area contributed by atoms with Crippen molar-refractivity contribution in [2.45, 2.75) is 43.0 Å². The maximum atomic E-state index is 13.8. The Kier molecular flexibility index (Phi) is 8.22. The van der Waals surface area contributed by atoms with Crippen LogP contribution in [0, 0.1) is 5.82 Å². The van der Waals surface area contributed by atoms with Crippen LogP contribution in [0.25, 0.3) is 10.2 Å². The van der Waals surface area contributed by atoms with Crippen LogP contribution in [0.15, 0.2) is 81.2 Å². The second kappa shape index (κ2) is 11.6. The molecule has 202 valence electrons. The lowest BCUT2D eigenvalue weighted by atomic mass is 9.96. The molecule has 4 aromatic rings. The fourth-order valence-electron chi connectivity index (χ4n) is 4.54. The number of nitrogens with zero attached hydrogens (tertiary/aromatic N) is 4. The Morgan fingerprint density at radius 2 is 1.74 bits per heavy atom. The van der Waals surface area contributed by atoms with Crippen molar-refractivity contribution >= 4 is 64.8 Å². The minimum atomic E-state index is -3.70. The molecule has 0 atom stereocenters. The van der Waals surface area contributed by atoms with E-state index in [9.17, 15) is 17.6 Å². The third-order valence-electron chi connectivity index (χ3n) is 6.77. The van der Waals surface area contributed by atoms with Crippen LogP contribution in [0.1, 0.15) is 48.0 Å². The molecule has 1 aliphatic rings. The normalized spacial score (nSPS) is 14.9. The molecule has 1 amide bonds. The number of carbonyl (C=O) groups is 1. The van der Waals surface area contributed by atoms with Crippen molar-refractivity contribution in [1.82, 2.24) is 9.29 Å². The van der Waals surface area contributed by atoms with Gasteiger partial charge in [0.05, 0.1) is 21.3 Å². The van der Waals surface area contributed by atoms with E-state index in [2.05, 4.69) is 26.0 Å². The maximum absolute atomic E-state index is 13.8. The van der Waals surface area contributed by atoms with Gasteiger partial charge in [0.15, 0.2) is 0 Å². The summed E-state index contributed by atoms with van der Waals surface area (Å²) in [4.78, 5) is 18.3. The van der Waals surface area contributed by atoms with Crippen LogP contribution in [0.5, 0.6) is 0 Å². The van der Waals surface area contributed by atoms with E-state index in [1.165, 1.54) is 46.9 Å². The van der Waals surface area contributed by atoms with Gasteiger partial charge in [0.2, 0.25) is 15.2 Å². The number of thiazole rings is 1.